The molecule has 1 heterocycles. The molecule has 1 aliphatic heterocycles. The van der Waals surface area contributed by atoms with E-state index in [0.717, 1.165) is 6.26 Å². The fourth-order valence-corrected chi connectivity index (χ4v) is 0.679. The maximum atomic E-state index is 10.9. The number of ketones is 1. The summed E-state index contributed by atoms with van der Waals surface area (Å²) in [5.74, 6) is -2.82. The summed E-state index contributed by atoms with van der Waals surface area (Å²) in [5.41, 5.74) is -0.346. The lowest BCUT2D eigenvalue weighted by Gasteiger charge is -1.96. The van der Waals surface area contributed by atoms with Crippen molar-refractivity contribution in [3.05, 3.63) is 11.8 Å². The number of carbonyl (C=O) groups excluding carboxylic acids is 3. The van der Waals surface area contributed by atoms with Crippen LogP contribution in [0.4, 0.5) is 0 Å². The van der Waals surface area contributed by atoms with Crippen molar-refractivity contribution in [3.8, 4) is 0 Å². The Kier molecular flexibility index (Phi) is 2.23. The standard InChI is InChI=1S/C7H6O5/c1-2-11-6(9)4-3-12-7(10)5(4)8/h3H,2H2,1H3. The second-order valence-corrected chi connectivity index (χ2v) is 1.99. The van der Waals surface area contributed by atoms with Gasteiger partial charge in [0.15, 0.2) is 0 Å². The third-order valence-electron chi connectivity index (χ3n) is 1.21. The Morgan fingerprint density at radius 3 is 2.67 bits per heavy atom. The van der Waals surface area contributed by atoms with Crippen molar-refractivity contribution in [1.29, 1.82) is 0 Å². The molecule has 0 aromatic carbocycles. The number of ether oxygens (including phenoxy) is 2. The lowest BCUT2D eigenvalue weighted by Crippen LogP contribution is -2.17. The van der Waals surface area contributed by atoms with E-state index in [9.17, 15) is 14.4 Å². The molecule has 64 valence electrons. The molecule has 0 fully saturated rings. The highest BCUT2D eigenvalue weighted by molar-refractivity contribution is 6.48. The van der Waals surface area contributed by atoms with Gasteiger partial charge < -0.3 is 9.47 Å². The molecule has 0 N–H and O–H groups in total. The van der Waals surface area contributed by atoms with E-state index < -0.39 is 17.7 Å². The molecule has 0 unspecified atom stereocenters. The number of Topliss-reactive ketones (excluding diaryl/α,β-unsaturated/α-hetero) is 1. The molecule has 5 heteroatoms. The van der Waals surface area contributed by atoms with Gasteiger partial charge in [0, 0.05) is 0 Å². The topological polar surface area (TPSA) is 69.7 Å². The molecule has 0 aromatic heterocycles. The molecular formula is C7H6O5. The highest BCUT2D eigenvalue weighted by Gasteiger charge is 2.33. The minimum Gasteiger partial charge on any atom is -0.462 e. The molecule has 0 atom stereocenters. The van der Waals surface area contributed by atoms with E-state index in [2.05, 4.69) is 9.47 Å². The molecule has 0 aliphatic carbocycles. The lowest BCUT2D eigenvalue weighted by molar-refractivity contribution is -0.147. The summed E-state index contributed by atoms with van der Waals surface area (Å²) in [6, 6.07) is 0. The molecular weight excluding hydrogens is 164 g/mol. The first-order chi connectivity index (χ1) is 5.66. The van der Waals surface area contributed by atoms with Crippen LogP contribution in [-0.2, 0) is 23.9 Å². The van der Waals surface area contributed by atoms with Crippen LogP contribution in [-0.4, -0.2) is 24.3 Å². The second kappa shape index (κ2) is 3.17. The number of carbonyl (C=O) groups is 3. The minimum absolute atomic E-state index is 0.150. The van der Waals surface area contributed by atoms with E-state index in [-0.39, 0.29) is 12.2 Å². The third-order valence-corrected chi connectivity index (χ3v) is 1.21. The Balaban J connectivity index is 2.71. The molecule has 1 rings (SSSR count). The highest BCUT2D eigenvalue weighted by Crippen LogP contribution is 2.09. The van der Waals surface area contributed by atoms with Gasteiger partial charge in [-0.05, 0) is 6.92 Å². The van der Waals surface area contributed by atoms with Gasteiger partial charge in [0.1, 0.15) is 11.8 Å². The number of cyclic esters (lactones) is 1. The summed E-state index contributed by atoms with van der Waals surface area (Å²) < 4.78 is 8.68. The summed E-state index contributed by atoms with van der Waals surface area (Å²) >= 11 is 0. The maximum absolute atomic E-state index is 10.9. The first-order valence-corrected chi connectivity index (χ1v) is 3.29. The van der Waals surface area contributed by atoms with Crippen molar-refractivity contribution in [2.24, 2.45) is 0 Å². The van der Waals surface area contributed by atoms with E-state index >= 15 is 0 Å². The Morgan fingerprint density at radius 2 is 2.25 bits per heavy atom. The van der Waals surface area contributed by atoms with Gasteiger partial charge in [-0.15, -0.1) is 0 Å². The van der Waals surface area contributed by atoms with Gasteiger partial charge in [-0.3, -0.25) is 4.79 Å². The van der Waals surface area contributed by atoms with Gasteiger partial charge >= 0.3 is 11.9 Å². The molecule has 0 aromatic rings. The monoisotopic (exact) mass is 170 g/mol. The Bertz CT molecular complexity index is 276. The first kappa shape index (κ1) is 8.45. The van der Waals surface area contributed by atoms with Crippen LogP contribution in [0.3, 0.4) is 0 Å². The summed E-state index contributed by atoms with van der Waals surface area (Å²) in [5, 5.41) is 0. The lowest BCUT2D eigenvalue weighted by atomic mass is 10.2. The molecule has 12 heavy (non-hydrogen) atoms. The van der Waals surface area contributed by atoms with Crippen molar-refractivity contribution in [3.63, 3.8) is 0 Å². The van der Waals surface area contributed by atoms with Gasteiger partial charge in [0.25, 0.3) is 5.78 Å². The number of esters is 2. The zero-order valence-corrected chi connectivity index (χ0v) is 6.33. The number of rotatable bonds is 2. The van der Waals surface area contributed by atoms with Crippen molar-refractivity contribution in [1.82, 2.24) is 0 Å². The average Bonchev–Trinajstić information content (AvgIpc) is 2.34. The van der Waals surface area contributed by atoms with Gasteiger partial charge in [0.05, 0.1) is 6.61 Å². The SMILES string of the molecule is CCOC(=O)C1=COC(=O)C1=O. The van der Waals surface area contributed by atoms with Gasteiger partial charge in [-0.1, -0.05) is 0 Å². The minimum atomic E-state index is -1.04. The zero-order valence-electron chi connectivity index (χ0n) is 6.33. The normalized spacial score (nSPS) is 15.6. The van der Waals surface area contributed by atoms with Crippen LogP contribution < -0.4 is 0 Å². The summed E-state index contributed by atoms with van der Waals surface area (Å²) in [6.07, 6.45) is 0.808. The predicted molar refractivity (Wildman–Crippen MR) is 35.8 cm³/mol. The summed E-state index contributed by atoms with van der Waals surface area (Å²) in [6.45, 7) is 1.75. The molecule has 0 amide bonds. The number of hydrogen-bond donors (Lipinski definition) is 0. The van der Waals surface area contributed by atoms with E-state index in [0.29, 0.717) is 0 Å². The molecule has 5 nitrogen and oxygen atoms in total. The predicted octanol–water partition coefficient (Wildman–Crippen LogP) is -0.441. The average molecular weight is 170 g/mol. The Hall–Kier alpha value is -1.65. The van der Waals surface area contributed by atoms with E-state index in [1.807, 2.05) is 0 Å². The largest absolute Gasteiger partial charge is 0.462 e. The smallest absolute Gasteiger partial charge is 0.384 e. The van der Waals surface area contributed by atoms with Crippen LogP contribution >= 0.6 is 0 Å². The zero-order chi connectivity index (χ0) is 9.14. The molecule has 0 saturated carbocycles. The molecule has 0 spiro atoms. The van der Waals surface area contributed by atoms with Crippen LogP contribution in [0.5, 0.6) is 0 Å². The van der Waals surface area contributed by atoms with Crippen molar-refractivity contribution in [2.75, 3.05) is 6.61 Å². The Labute approximate surface area is 67.9 Å². The van der Waals surface area contributed by atoms with Crippen molar-refractivity contribution >= 4 is 17.7 Å². The Morgan fingerprint density at radius 1 is 1.58 bits per heavy atom. The van der Waals surface area contributed by atoms with Crippen molar-refractivity contribution in [2.45, 2.75) is 6.92 Å². The van der Waals surface area contributed by atoms with E-state index in [1.165, 1.54) is 0 Å². The maximum Gasteiger partial charge on any atom is 0.384 e. The highest BCUT2D eigenvalue weighted by atomic mass is 16.6. The van der Waals surface area contributed by atoms with Crippen molar-refractivity contribution < 1.29 is 23.9 Å². The first-order valence-electron chi connectivity index (χ1n) is 3.29. The fourth-order valence-electron chi connectivity index (χ4n) is 0.679. The molecule has 1 aliphatic rings. The van der Waals surface area contributed by atoms with E-state index in [4.69, 9.17) is 0 Å². The van der Waals surface area contributed by atoms with Crippen LogP contribution in [0.15, 0.2) is 11.8 Å². The van der Waals surface area contributed by atoms with Crippen LogP contribution in [0.25, 0.3) is 0 Å². The quantitative estimate of drug-likeness (QED) is 0.319. The summed E-state index contributed by atoms with van der Waals surface area (Å²) in [7, 11) is 0. The number of hydrogen-bond acceptors (Lipinski definition) is 5. The van der Waals surface area contributed by atoms with Crippen LogP contribution in [0, 0.1) is 0 Å². The van der Waals surface area contributed by atoms with Crippen LogP contribution in [0.1, 0.15) is 6.92 Å². The fraction of sp³-hybridized carbons (Fsp3) is 0.286. The van der Waals surface area contributed by atoms with Gasteiger partial charge in [-0.2, -0.15) is 0 Å². The third kappa shape index (κ3) is 1.34. The van der Waals surface area contributed by atoms with E-state index in [1.54, 1.807) is 6.92 Å². The van der Waals surface area contributed by atoms with Gasteiger partial charge in [0.2, 0.25) is 0 Å². The molecule has 0 bridgehead atoms. The van der Waals surface area contributed by atoms with Gasteiger partial charge in [-0.25, -0.2) is 9.59 Å². The molecule has 0 radical (unpaired) electrons. The van der Waals surface area contributed by atoms with Crippen LogP contribution in [0.2, 0.25) is 0 Å². The summed E-state index contributed by atoms with van der Waals surface area (Å²) in [4.78, 5) is 32.1. The second-order valence-electron chi connectivity index (χ2n) is 1.99. The molecule has 0 saturated heterocycles.